The van der Waals surface area contributed by atoms with Crippen LogP contribution in [0.25, 0.3) is 11.1 Å². The van der Waals surface area contributed by atoms with Gasteiger partial charge in [-0.05, 0) is 77.6 Å². The third kappa shape index (κ3) is 6.33. The number of allylic oxidation sites excluding steroid dienone is 5. The van der Waals surface area contributed by atoms with Gasteiger partial charge in [0.05, 0.1) is 0 Å². The number of ether oxygens (including phenoxy) is 1. The standard InChI is InChI=1S/C27H26F6O/c1-4-18(19-9-11-21(12-10-19)20-7-5-16(2)6-8-20)13-23(28)17(3)22-14-24(29)26(25(30)15-22)34-27(31,32)33/h4,9-16,20H,1,5-8H2,2-3H3. The van der Waals surface area contributed by atoms with Gasteiger partial charge in [0.25, 0.3) is 0 Å². The lowest BCUT2D eigenvalue weighted by Crippen LogP contribution is -2.19. The summed E-state index contributed by atoms with van der Waals surface area (Å²) < 4.78 is 83.4. The van der Waals surface area contributed by atoms with Gasteiger partial charge in [-0.3, -0.25) is 0 Å². The van der Waals surface area contributed by atoms with E-state index in [-0.39, 0.29) is 11.1 Å². The van der Waals surface area contributed by atoms with E-state index < -0.39 is 29.6 Å². The van der Waals surface area contributed by atoms with Crippen molar-refractivity contribution in [1.82, 2.24) is 0 Å². The first kappa shape index (κ1) is 25.7. The van der Waals surface area contributed by atoms with Gasteiger partial charge in [0, 0.05) is 0 Å². The fourth-order valence-electron chi connectivity index (χ4n) is 4.17. The molecule has 0 unspecified atom stereocenters. The smallest absolute Gasteiger partial charge is 0.399 e. The van der Waals surface area contributed by atoms with Gasteiger partial charge in [0.15, 0.2) is 11.6 Å². The van der Waals surface area contributed by atoms with Crippen LogP contribution in [0.1, 0.15) is 62.1 Å². The largest absolute Gasteiger partial charge is 0.573 e. The van der Waals surface area contributed by atoms with Crippen LogP contribution in [0, 0.1) is 17.6 Å². The third-order valence-electron chi connectivity index (χ3n) is 6.24. The van der Waals surface area contributed by atoms with E-state index in [1.807, 2.05) is 24.3 Å². The van der Waals surface area contributed by atoms with E-state index in [1.165, 1.54) is 37.5 Å². The summed E-state index contributed by atoms with van der Waals surface area (Å²) in [6, 6.07) is 9.00. The number of alkyl halides is 3. The summed E-state index contributed by atoms with van der Waals surface area (Å²) in [5.41, 5.74) is 2.02. The Bertz CT molecular complexity index is 1060. The topological polar surface area (TPSA) is 9.23 Å². The molecule has 1 saturated carbocycles. The molecular weight excluding hydrogens is 454 g/mol. The Kier molecular flexibility index (Phi) is 7.95. The SMILES string of the molecule is C=CC(=CC(F)=C(C)c1cc(F)c(OC(F)(F)F)c(F)c1)c1ccc(C2CCC(C)CC2)cc1. The van der Waals surface area contributed by atoms with E-state index in [2.05, 4.69) is 18.2 Å². The Morgan fingerprint density at radius 2 is 1.53 bits per heavy atom. The predicted octanol–water partition coefficient (Wildman–Crippen LogP) is 9.13. The van der Waals surface area contributed by atoms with Crippen LogP contribution >= 0.6 is 0 Å². The van der Waals surface area contributed by atoms with Crippen LogP contribution in [0.15, 0.2) is 61.0 Å². The maximum Gasteiger partial charge on any atom is 0.573 e. The highest BCUT2D eigenvalue weighted by Crippen LogP contribution is 2.36. The van der Waals surface area contributed by atoms with Crippen molar-refractivity contribution in [2.75, 3.05) is 0 Å². The van der Waals surface area contributed by atoms with E-state index in [1.54, 1.807) is 0 Å². The molecule has 0 atom stereocenters. The minimum absolute atomic E-state index is 0.149. The third-order valence-corrected chi connectivity index (χ3v) is 6.24. The molecule has 0 N–H and O–H groups in total. The molecular formula is C27H26F6O. The highest BCUT2D eigenvalue weighted by molar-refractivity contribution is 5.79. The van der Waals surface area contributed by atoms with E-state index in [0.717, 1.165) is 24.3 Å². The van der Waals surface area contributed by atoms with Gasteiger partial charge >= 0.3 is 6.36 Å². The van der Waals surface area contributed by atoms with Crippen LogP contribution in [0.3, 0.4) is 0 Å². The van der Waals surface area contributed by atoms with Gasteiger partial charge in [-0.25, -0.2) is 13.2 Å². The Morgan fingerprint density at radius 3 is 2.03 bits per heavy atom. The number of benzene rings is 2. The van der Waals surface area contributed by atoms with Crippen molar-refractivity contribution < 1.29 is 31.1 Å². The second kappa shape index (κ2) is 10.5. The predicted molar refractivity (Wildman–Crippen MR) is 122 cm³/mol. The van der Waals surface area contributed by atoms with E-state index in [9.17, 15) is 26.3 Å². The van der Waals surface area contributed by atoms with Gasteiger partial charge in [-0.1, -0.05) is 56.7 Å². The first-order valence-electron chi connectivity index (χ1n) is 11.0. The Morgan fingerprint density at radius 1 is 0.971 bits per heavy atom. The van der Waals surface area contributed by atoms with Crippen molar-refractivity contribution in [3.8, 4) is 5.75 Å². The van der Waals surface area contributed by atoms with Gasteiger partial charge in [0.2, 0.25) is 5.75 Å². The second-order valence-electron chi connectivity index (χ2n) is 8.67. The molecule has 34 heavy (non-hydrogen) atoms. The zero-order chi connectivity index (χ0) is 25.0. The van der Waals surface area contributed by atoms with E-state index in [4.69, 9.17) is 0 Å². The molecule has 1 nitrogen and oxygen atoms in total. The second-order valence-corrected chi connectivity index (χ2v) is 8.67. The maximum absolute atomic E-state index is 14.9. The van der Waals surface area contributed by atoms with Crippen LogP contribution < -0.4 is 4.74 Å². The van der Waals surface area contributed by atoms with Crippen LogP contribution in [0.2, 0.25) is 0 Å². The van der Waals surface area contributed by atoms with Gasteiger partial charge < -0.3 is 4.74 Å². The molecule has 1 aliphatic rings. The molecule has 1 aliphatic carbocycles. The van der Waals surface area contributed by atoms with Crippen molar-refractivity contribution >= 4 is 11.1 Å². The number of halogens is 6. The molecule has 0 heterocycles. The molecule has 1 fully saturated rings. The molecule has 2 aromatic rings. The molecule has 0 aromatic heterocycles. The Labute approximate surface area is 195 Å². The minimum Gasteiger partial charge on any atom is -0.399 e. The summed E-state index contributed by atoms with van der Waals surface area (Å²) in [4.78, 5) is 0. The van der Waals surface area contributed by atoms with Crippen LogP contribution in [-0.2, 0) is 0 Å². The molecule has 0 aliphatic heterocycles. The zero-order valence-corrected chi connectivity index (χ0v) is 19.0. The molecule has 3 rings (SSSR count). The summed E-state index contributed by atoms with van der Waals surface area (Å²) in [5, 5.41) is 0. The fourth-order valence-corrected chi connectivity index (χ4v) is 4.17. The molecule has 0 saturated heterocycles. The lowest BCUT2D eigenvalue weighted by Gasteiger charge is -2.26. The van der Waals surface area contributed by atoms with Crippen LogP contribution in [-0.4, -0.2) is 6.36 Å². The number of hydrogen-bond donors (Lipinski definition) is 0. The molecule has 182 valence electrons. The Balaban J connectivity index is 1.85. The fraction of sp³-hybridized carbons (Fsp3) is 0.333. The quantitative estimate of drug-likeness (QED) is 0.296. The van der Waals surface area contributed by atoms with Crippen molar-refractivity contribution in [2.24, 2.45) is 5.92 Å². The Hall–Kier alpha value is -2.96. The average molecular weight is 480 g/mol. The highest BCUT2D eigenvalue weighted by atomic mass is 19.4. The summed E-state index contributed by atoms with van der Waals surface area (Å²) in [7, 11) is 0. The molecule has 2 aromatic carbocycles. The lowest BCUT2D eigenvalue weighted by atomic mass is 9.79. The molecule has 0 amide bonds. The minimum atomic E-state index is -5.26. The van der Waals surface area contributed by atoms with Gasteiger partial charge in [-0.2, -0.15) is 0 Å². The number of hydrogen-bond acceptors (Lipinski definition) is 1. The first-order valence-corrected chi connectivity index (χ1v) is 11.0. The monoisotopic (exact) mass is 480 g/mol. The first-order chi connectivity index (χ1) is 16.0. The molecule has 0 radical (unpaired) electrons. The normalized spacial score (nSPS) is 20.1. The van der Waals surface area contributed by atoms with Gasteiger partial charge in [0.1, 0.15) is 5.83 Å². The molecule has 0 spiro atoms. The summed E-state index contributed by atoms with van der Waals surface area (Å²) in [6.07, 6.45) is 2.06. The van der Waals surface area contributed by atoms with Crippen LogP contribution in [0.4, 0.5) is 26.3 Å². The molecule has 0 bridgehead atoms. The zero-order valence-electron chi connectivity index (χ0n) is 19.0. The lowest BCUT2D eigenvalue weighted by molar-refractivity contribution is -0.276. The van der Waals surface area contributed by atoms with E-state index >= 15 is 0 Å². The summed E-state index contributed by atoms with van der Waals surface area (Å²) in [6.45, 7) is 7.25. The van der Waals surface area contributed by atoms with Crippen molar-refractivity contribution in [2.45, 2.75) is 51.8 Å². The maximum atomic E-state index is 14.9. The van der Waals surface area contributed by atoms with Crippen molar-refractivity contribution in [3.63, 3.8) is 0 Å². The summed E-state index contributed by atoms with van der Waals surface area (Å²) in [5.74, 6) is -4.29. The molecule has 7 heteroatoms. The summed E-state index contributed by atoms with van der Waals surface area (Å²) >= 11 is 0. The van der Waals surface area contributed by atoms with Crippen LogP contribution in [0.5, 0.6) is 5.75 Å². The number of rotatable bonds is 6. The van der Waals surface area contributed by atoms with Crippen molar-refractivity contribution in [1.29, 1.82) is 0 Å². The highest BCUT2D eigenvalue weighted by Gasteiger charge is 2.34. The van der Waals surface area contributed by atoms with Crippen molar-refractivity contribution in [3.05, 3.63) is 89.3 Å². The average Bonchev–Trinajstić information content (AvgIpc) is 2.79. The van der Waals surface area contributed by atoms with E-state index in [0.29, 0.717) is 23.6 Å². The van der Waals surface area contributed by atoms with Gasteiger partial charge in [-0.15, -0.1) is 13.2 Å².